The van der Waals surface area contributed by atoms with Crippen molar-refractivity contribution in [3.05, 3.63) is 65.2 Å². The number of esters is 1. The summed E-state index contributed by atoms with van der Waals surface area (Å²) in [4.78, 5) is 23.9. The summed E-state index contributed by atoms with van der Waals surface area (Å²) in [6, 6.07) is 13.6. The first-order valence-corrected chi connectivity index (χ1v) is 11.0. The van der Waals surface area contributed by atoms with Crippen LogP contribution in [0.5, 0.6) is 5.75 Å². The molecule has 0 saturated carbocycles. The lowest BCUT2D eigenvalue weighted by molar-refractivity contribution is -0.137. The predicted octanol–water partition coefficient (Wildman–Crippen LogP) is 3.61. The van der Waals surface area contributed by atoms with Gasteiger partial charge in [-0.05, 0) is 55.0 Å². The molecule has 10 heteroatoms. The third-order valence-corrected chi connectivity index (χ3v) is 5.72. The molecular formula is C23H20N4O5S. The largest absolute Gasteiger partial charge is 0.497 e. The molecule has 0 fully saturated rings. The summed E-state index contributed by atoms with van der Waals surface area (Å²) in [5, 5.41) is 22.9. The van der Waals surface area contributed by atoms with Crippen LogP contribution in [-0.4, -0.2) is 57.1 Å². The van der Waals surface area contributed by atoms with Crippen molar-refractivity contribution in [3.8, 4) is 17.1 Å². The number of fused-ring (bicyclic) bond motifs is 1. The highest BCUT2D eigenvalue weighted by Gasteiger charge is 2.25. The van der Waals surface area contributed by atoms with Gasteiger partial charge in [0.25, 0.3) is 0 Å². The van der Waals surface area contributed by atoms with Crippen LogP contribution in [0.2, 0.25) is 0 Å². The Balaban J connectivity index is 1.74. The van der Waals surface area contributed by atoms with Gasteiger partial charge in [0.15, 0.2) is 5.82 Å². The molecule has 0 unspecified atom stereocenters. The van der Waals surface area contributed by atoms with Gasteiger partial charge in [-0.1, -0.05) is 23.9 Å². The summed E-state index contributed by atoms with van der Waals surface area (Å²) < 4.78 is 12.1. The van der Waals surface area contributed by atoms with Crippen molar-refractivity contribution in [2.24, 2.45) is 5.10 Å². The third kappa shape index (κ3) is 4.80. The lowest BCUT2D eigenvalue weighted by Crippen LogP contribution is -2.21. The van der Waals surface area contributed by atoms with Gasteiger partial charge < -0.3 is 14.6 Å². The molecule has 3 aromatic rings. The number of ether oxygens (including phenoxy) is 2. The number of thioether (sulfide) groups is 1. The van der Waals surface area contributed by atoms with Gasteiger partial charge in [-0.2, -0.15) is 9.78 Å². The Bertz CT molecular complexity index is 1250. The fourth-order valence-electron chi connectivity index (χ4n) is 3.14. The van der Waals surface area contributed by atoms with Gasteiger partial charge in [0.2, 0.25) is 5.16 Å². The monoisotopic (exact) mass is 464 g/mol. The maximum atomic E-state index is 12.8. The van der Waals surface area contributed by atoms with Crippen LogP contribution in [0, 0.1) is 0 Å². The van der Waals surface area contributed by atoms with E-state index in [2.05, 4.69) is 15.3 Å². The molecule has 1 aromatic heterocycles. The average molecular weight is 465 g/mol. The van der Waals surface area contributed by atoms with E-state index < -0.39 is 11.9 Å². The van der Waals surface area contributed by atoms with Crippen LogP contribution in [0.3, 0.4) is 0 Å². The van der Waals surface area contributed by atoms with Crippen molar-refractivity contribution in [3.63, 3.8) is 0 Å². The van der Waals surface area contributed by atoms with E-state index in [0.717, 1.165) is 11.3 Å². The van der Waals surface area contributed by atoms with E-state index in [0.29, 0.717) is 28.0 Å². The zero-order valence-electron chi connectivity index (χ0n) is 17.9. The van der Waals surface area contributed by atoms with E-state index in [1.165, 1.54) is 23.9 Å². The Kier molecular flexibility index (Phi) is 6.55. The molecule has 0 amide bonds. The predicted molar refractivity (Wildman–Crippen MR) is 124 cm³/mol. The summed E-state index contributed by atoms with van der Waals surface area (Å²) in [7, 11) is 1.60. The van der Waals surface area contributed by atoms with E-state index in [4.69, 9.17) is 14.6 Å². The van der Waals surface area contributed by atoms with Gasteiger partial charge >= 0.3 is 11.9 Å². The van der Waals surface area contributed by atoms with Crippen LogP contribution in [0.25, 0.3) is 17.5 Å². The van der Waals surface area contributed by atoms with E-state index in [1.54, 1.807) is 36.9 Å². The summed E-state index contributed by atoms with van der Waals surface area (Å²) in [5.74, 6) is 0.124. The number of hydrogen-bond acceptors (Lipinski definition) is 8. The molecule has 0 saturated heterocycles. The minimum absolute atomic E-state index is 0.161. The minimum atomic E-state index is -1.02. The number of methoxy groups -OCH3 is 1. The highest BCUT2D eigenvalue weighted by molar-refractivity contribution is 7.99. The molecule has 168 valence electrons. The Morgan fingerprint density at radius 1 is 1.12 bits per heavy atom. The van der Waals surface area contributed by atoms with Crippen molar-refractivity contribution >= 4 is 35.5 Å². The first-order chi connectivity index (χ1) is 16.0. The number of carboxylic acid groups (broad SMARTS) is 1. The van der Waals surface area contributed by atoms with Crippen LogP contribution in [0.15, 0.2) is 64.4 Å². The standard InChI is InChI=1S/C23H20N4O5S/c1-3-32-22(30)18(12-14-4-6-16(7-5-14)21(28)29)19-13-33-23-25-24-20(27(23)26-19)15-8-10-17(31-2)11-9-15/h4-12H,3,13H2,1-2H3,(H,28,29)/b18-12-. The smallest absolute Gasteiger partial charge is 0.340 e. The molecule has 33 heavy (non-hydrogen) atoms. The number of aromatic carboxylic acids is 1. The van der Waals surface area contributed by atoms with Gasteiger partial charge in [-0.15, -0.1) is 10.2 Å². The lowest BCUT2D eigenvalue weighted by Gasteiger charge is -2.16. The Morgan fingerprint density at radius 3 is 2.48 bits per heavy atom. The number of rotatable bonds is 7. The summed E-state index contributed by atoms with van der Waals surface area (Å²) in [5.41, 5.74) is 2.40. The number of carbonyl (C=O) groups excluding carboxylic acids is 1. The quantitative estimate of drug-likeness (QED) is 0.416. The van der Waals surface area contributed by atoms with Crippen molar-refractivity contribution in [1.29, 1.82) is 0 Å². The first kappa shape index (κ1) is 22.3. The zero-order chi connectivity index (χ0) is 23.4. The van der Waals surface area contributed by atoms with Gasteiger partial charge in [0.05, 0.1) is 30.6 Å². The summed E-state index contributed by atoms with van der Waals surface area (Å²) in [6.07, 6.45) is 1.64. The topological polar surface area (TPSA) is 116 Å². The molecule has 0 radical (unpaired) electrons. The maximum absolute atomic E-state index is 12.8. The minimum Gasteiger partial charge on any atom is -0.497 e. The summed E-state index contributed by atoms with van der Waals surface area (Å²) in [6.45, 7) is 1.94. The van der Waals surface area contributed by atoms with Crippen molar-refractivity contribution in [1.82, 2.24) is 14.9 Å². The van der Waals surface area contributed by atoms with Crippen molar-refractivity contribution in [2.75, 3.05) is 19.5 Å². The van der Waals surface area contributed by atoms with Gasteiger partial charge in [-0.25, -0.2) is 9.59 Å². The van der Waals surface area contributed by atoms with E-state index in [-0.39, 0.29) is 17.7 Å². The molecule has 2 aromatic carbocycles. The highest BCUT2D eigenvalue weighted by Crippen LogP contribution is 2.30. The van der Waals surface area contributed by atoms with Gasteiger partial charge in [0.1, 0.15) is 5.75 Å². The number of aromatic nitrogens is 3. The van der Waals surface area contributed by atoms with Crippen molar-refractivity contribution < 1.29 is 24.2 Å². The number of carbonyl (C=O) groups is 2. The number of nitrogens with zero attached hydrogens (tertiary/aromatic N) is 4. The van der Waals surface area contributed by atoms with Gasteiger partial charge in [0, 0.05) is 11.3 Å². The lowest BCUT2D eigenvalue weighted by atomic mass is 10.1. The van der Waals surface area contributed by atoms with E-state index in [9.17, 15) is 9.59 Å². The molecule has 1 N–H and O–H groups in total. The van der Waals surface area contributed by atoms with Gasteiger partial charge in [-0.3, -0.25) is 0 Å². The van der Waals surface area contributed by atoms with Crippen LogP contribution < -0.4 is 4.74 Å². The number of hydrogen-bond donors (Lipinski definition) is 1. The third-order valence-electron chi connectivity index (χ3n) is 4.79. The number of benzene rings is 2. The highest BCUT2D eigenvalue weighted by atomic mass is 32.2. The molecule has 0 aliphatic carbocycles. The van der Waals surface area contributed by atoms with Crippen LogP contribution in [0.1, 0.15) is 22.8 Å². The maximum Gasteiger partial charge on any atom is 0.340 e. The second kappa shape index (κ2) is 9.70. The molecular weight excluding hydrogens is 444 g/mol. The Morgan fingerprint density at radius 2 is 1.85 bits per heavy atom. The molecule has 2 heterocycles. The van der Waals surface area contributed by atoms with Crippen LogP contribution in [0.4, 0.5) is 0 Å². The normalized spacial score (nSPS) is 13.2. The molecule has 0 bridgehead atoms. The van der Waals surface area contributed by atoms with Crippen LogP contribution in [-0.2, 0) is 9.53 Å². The fourth-order valence-corrected chi connectivity index (χ4v) is 3.96. The second-order valence-electron chi connectivity index (χ2n) is 6.89. The second-order valence-corrected chi connectivity index (χ2v) is 7.83. The molecule has 9 nitrogen and oxygen atoms in total. The molecule has 1 aliphatic heterocycles. The van der Waals surface area contributed by atoms with E-state index in [1.807, 2.05) is 24.3 Å². The Hall–Kier alpha value is -3.92. The average Bonchev–Trinajstić information content (AvgIpc) is 3.26. The molecule has 0 atom stereocenters. The first-order valence-electron chi connectivity index (χ1n) is 10.0. The Labute approximate surface area is 193 Å². The molecule has 4 rings (SSSR count). The van der Waals surface area contributed by atoms with E-state index >= 15 is 0 Å². The molecule has 1 aliphatic rings. The summed E-state index contributed by atoms with van der Waals surface area (Å²) >= 11 is 1.41. The fraction of sp³-hybridized carbons (Fsp3) is 0.174. The zero-order valence-corrected chi connectivity index (χ0v) is 18.7. The SMILES string of the molecule is CCOC(=O)/C(=C\c1ccc(C(=O)O)cc1)C1=Nn2c(nnc2-c2ccc(OC)cc2)SC1. The van der Waals surface area contributed by atoms with Crippen molar-refractivity contribution in [2.45, 2.75) is 12.1 Å². The number of carboxylic acids is 1. The van der Waals surface area contributed by atoms with Crippen LogP contribution >= 0.6 is 11.8 Å². The molecule has 0 spiro atoms.